The van der Waals surface area contributed by atoms with Crippen LogP contribution in [0.1, 0.15) is 23.6 Å². The number of hydrogen-bond donors (Lipinski definition) is 0. The molecule has 5 nitrogen and oxygen atoms in total. The smallest absolute Gasteiger partial charge is 0.231 e. The largest absolute Gasteiger partial charge is 0.493 e. The lowest BCUT2D eigenvalue weighted by molar-refractivity contribution is -0.131. The Bertz CT molecular complexity index is 829. The van der Waals surface area contributed by atoms with Crippen LogP contribution in [0.4, 0.5) is 0 Å². The van der Waals surface area contributed by atoms with Crippen LogP contribution >= 0.6 is 0 Å². The number of ketones is 1. The standard InChI is InChI=1S/C21H21NO4/c1-25-19-9-8-15(12-20(19)26-2)13-21(24)22-11-10-17(23)14-18(22)16-6-4-3-5-7-16/h3-12,18H,13-14H2,1-2H3. The fraction of sp³-hybridized carbons (Fsp3) is 0.238. The molecule has 0 radical (unpaired) electrons. The zero-order valence-electron chi connectivity index (χ0n) is 14.8. The summed E-state index contributed by atoms with van der Waals surface area (Å²) in [5.41, 5.74) is 1.77. The highest BCUT2D eigenvalue weighted by Crippen LogP contribution is 2.31. The number of nitrogens with zero attached hydrogens (tertiary/aromatic N) is 1. The summed E-state index contributed by atoms with van der Waals surface area (Å²) in [5.74, 6) is 1.15. The van der Waals surface area contributed by atoms with E-state index in [0.717, 1.165) is 11.1 Å². The van der Waals surface area contributed by atoms with Crippen LogP contribution in [-0.4, -0.2) is 30.8 Å². The van der Waals surface area contributed by atoms with Crippen molar-refractivity contribution in [2.75, 3.05) is 14.2 Å². The van der Waals surface area contributed by atoms with Gasteiger partial charge in [0, 0.05) is 12.6 Å². The highest BCUT2D eigenvalue weighted by atomic mass is 16.5. The highest BCUT2D eigenvalue weighted by molar-refractivity contribution is 5.93. The predicted molar refractivity (Wildman–Crippen MR) is 98.0 cm³/mol. The fourth-order valence-electron chi connectivity index (χ4n) is 3.09. The van der Waals surface area contributed by atoms with E-state index in [1.54, 1.807) is 37.5 Å². The summed E-state index contributed by atoms with van der Waals surface area (Å²) in [5, 5.41) is 0. The minimum absolute atomic E-state index is 0.0222. The quantitative estimate of drug-likeness (QED) is 0.829. The van der Waals surface area contributed by atoms with Gasteiger partial charge in [-0.1, -0.05) is 36.4 Å². The molecule has 1 unspecified atom stereocenters. The van der Waals surface area contributed by atoms with Gasteiger partial charge in [0.15, 0.2) is 17.3 Å². The summed E-state index contributed by atoms with van der Waals surface area (Å²) in [7, 11) is 3.14. The van der Waals surface area contributed by atoms with E-state index in [0.29, 0.717) is 11.5 Å². The summed E-state index contributed by atoms with van der Waals surface area (Å²) in [4.78, 5) is 26.4. The van der Waals surface area contributed by atoms with E-state index in [4.69, 9.17) is 9.47 Å². The zero-order chi connectivity index (χ0) is 18.5. The zero-order valence-corrected chi connectivity index (χ0v) is 14.8. The lowest BCUT2D eigenvalue weighted by Crippen LogP contribution is -2.35. The molecule has 0 bridgehead atoms. The van der Waals surface area contributed by atoms with E-state index >= 15 is 0 Å². The van der Waals surface area contributed by atoms with Crippen LogP contribution in [0.15, 0.2) is 60.8 Å². The van der Waals surface area contributed by atoms with Gasteiger partial charge < -0.3 is 14.4 Å². The van der Waals surface area contributed by atoms with Crippen molar-refractivity contribution >= 4 is 11.7 Å². The fourth-order valence-corrected chi connectivity index (χ4v) is 3.09. The van der Waals surface area contributed by atoms with Crippen molar-refractivity contribution in [1.29, 1.82) is 0 Å². The third-order valence-electron chi connectivity index (χ3n) is 4.43. The molecule has 0 aliphatic carbocycles. The lowest BCUT2D eigenvalue weighted by Gasteiger charge is -2.31. The Balaban J connectivity index is 1.83. The average molecular weight is 351 g/mol. The molecule has 134 valence electrons. The van der Waals surface area contributed by atoms with E-state index in [9.17, 15) is 9.59 Å². The van der Waals surface area contributed by atoms with Gasteiger partial charge in [-0.3, -0.25) is 9.59 Å². The first-order chi connectivity index (χ1) is 12.6. The molecular weight excluding hydrogens is 330 g/mol. The SMILES string of the molecule is COc1ccc(CC(=O)N2C=CC(=O)CC2c2ccccc2)cc1OC. The van der Waals surface area contributed by atoms with Crippen LogP contribution in [0, 0.1) is 0 Å². The molecule has 2 aromatic carbocycles. The maximum Gasteiger partial charge on any atom is 0.231 e. The number of methoxy groups -OCH3 is 2. The number of hydrogen-bond acceptors (Lipinski definition) is 4. The van der Waals surface area contributed by atoms with E-state index < -0.39 is 0 Å². The van der Waals surface area contributed by atoms with Crippen molar-refractivity contribution in [2.45, 2.75) is 18.9 Å². The molecular formula is C21H21NO4. The number of carbonyl (C=O) groups is 2. The minimum atomic E-state index is -0.277. The van der Waals surface area contributed by atoms with Gasteiger partial charge in [0.25, 0.3) is 0 Å². The molecule has 0 saturated heterocycles. The Kier molecular flexibility index (Phi) is 5.37. The third-order valence-corrected chi connectivity index (χ3v) is 4.43. The maximum absolute atomic E-state index is 12.9. The van der Waals surface area contributed by atoms with Crippen LogP contribution in [-0.2, 0) is 16.0 Å². The monoisotopic (exact) mass is 351 g/mol. The molecule has 0 saturated carbocycles. The van der Waals surface area contributed by atoms with Gasteiger partial charge in [-0.15, -0.1) is 0 Å². The molecule has 26 heavy (non-hydrogen) atoms. The summed E-state index contributed by atoms with van der Waals surface area (Å²) in [6.45, 7) is 0. The second kappa shape index (κ2) is 7.87. The van der Waals surface area contributed by atoms with Crippen molar-refractivity contribution in [3.8, 4) is 11.5 Å². The molecule has 2 aromatic rings. The summed E-state index contributed by atoms with van der Waals surface area (Å²) < 4.78 is 10.5. The van der Waals surface area contributed by atoms with Crippen LogP contribution in [0.3, 0.4) is 0 Å². The number of carbonyl (C=O) groups excluding carboxylic acids is 2. The van der Waals surface area contributed by atoms with Crippen molar-refractivity contribution in [3.05, 3.63) is 71.9 Å². The molecule has 1 atom stereocenters. The second-order valence-electron chi connectivity index (χ2n) is 6.08. The molecule has 3 rings (SSSR count). The molecule has 1 aliphatic rings. The van der Waals surface area contributed by atoms with Crippen LogP contribution < -0.4 is 9.47 Å². The first-order valence-corrected chi connectivity index (χ1v) is 8.40. The molecule has 5 heteroatoms. The normalized spacial score (nSPS) is 16.5. The van der Waals surface area contributed by atoms with Crippen molar-refractivity contribution in [1.82, 2.24) is 4.90 Å². The number of allylic oxidation sites excluding steroid dienone is 1. The molecule has 0 fully saturated rings. The summed E-state index contributed by atoms with van der Waals surface area (Å²) >= 11 is 0. The van der Waals surface area contributed by atoms with Gasteiger partial charge in [0.1, 0.15) is 0 Å². The van der Waals surface area contributed by atoms with Gasteiger partial charge in [0.05, 0.1) is 26.7 Å². The number of amides is 1. The third kappa shape index (κ3) is 3.77. The molecule has 0 N–H and O–H groups in total. The first kappa shape index (κ1) is 17.7. The Morgan fingerprint density at radius 1 is 1.08 bits per heavy atom. The van der Waals surface area contributed by atoms with Crippen LogP contribution in [0.2, 0.25) is 0 Å². The molecule has 1 amide bonds. The van der Waals surface area contributed by atoms with E-state index in [2.05, 4.69) is 0 Å². The van der Waals surface area contributed by atoms with Crippen LogP contribution in [0.5, 0.6) is 11.5 Å². The van der Waals surface area contributed by atoms with Crippen LogP contribution in [0.25, 0.3) is 0 Å². The van der Waals surface area contributed by atoms with Gasteiger partial charge in [-0.25, -0.2) is 0 Å². The lowest BCUT2D eigenvalue weighted by atomic mass is 9.96. The summed E-state index contributed by atoms with van der Waals surface area (Å²) in [6, 6.07) is 14.8. The van der Waals surface area contributed by atoms with Crippen molar-refractivity contribution < 1.29 is 19.1 Å². The Morgan fingerprint density at radius 2 is 1.81 bits per heavy atom. The van der Waals surface area contributed by atoms with E-state index in [1.807, 2.05) is 36.4 Å². The maximum atomic E-state index is 12.9. The van der Waals surface area contributed by atoms with E-state index in [1.165, 1.54) is 6.08 Å². The molecule has 0 spiro atoms. The Hall–Kier alpha value is -3.08. The highest BCUT2D eigenvalue weighted by Gasteiger charge is 2.28. The summed E-state index contributed by atoms with van der Waals surface area (Å²) in [6.07, 6.45) is 3.55. The minimum Gasteiger partial charge on any atom is -0.493 e. The number of ether oxygens (including phenoxy) is 2. The Labute approximate surface area is 152 Å². The van der Waals surface area contributed by atoms with Gasteiger partial charge >= 0.3 is 0 Å². The number of benzene rings is 2. The molecule has 1 heterocycles. The van der Waals surface area contributed by atoms with Crippen molar-refractivity contribution in [2.24, 2.45) is 0 Å². The van der Waals surface area contributed by atoms with Gasteiger partial charge in [0.2, 0.25) is 5.91 Å². The number of rotatable bonds is 5. The Morgan fingerprint density at radius 3 is 2.50 bits per heavy atom. The molecule has 0 aromatic heterocycles. The molecule has 1 aliphatic heterocycles. The van der Waals surface area contributed by atoms with Gasteiger partial charge in [-0.05, 0) is 29.3 Å². The topological polar surface area (TPSA) is 55.8 Å². The predicted octanol–water partition coefficient (Wildman–Crippen LogP) is 3.30. The van der Waals surface area contributed by atoms with E-state index in [-0.39, 0.29) is 30.6 Å². The average Bonchev–Trinajstić information content (AvgIpc) is 2.68. The van der Waals surface area contributed by atoms with Crippen molar-refractivity contribution in [3.63, 3.8) is 0 Å². The second-order valence-corrected chi connectivity index (χ2v) is 6.08. The van der Waals surface area contributed by atoms with Gasteiger partial charge in [-0.2, -0.15) is 0 Å². The first-order valence-electron chi connectivity index (χ1n) is 8.40.